The number of nitrogens with one attached hydrogen (secondary N) is 1. The molecule has 0 fully saturated rings. The van der Waals surface area contributed by atoms with Crippen LogP contribution in [0.4, 0.5) is 11.4 Å². The highest BCUT2D eigenvalue weighted by Gasteiger charge is 2.27. The second kappa shape index (κ2) is 9.78. The Labute approximate surface area is 222 Å². The van der Waals surface area contributed by atoms with Crippen molar-refractivity contribution in [2.24, 2.45) is 0 Å². The number of thiophene rings is 1. The number of carbonyl (C=O) groups excluding carboxylic acids is 1. The highest BCUT2D eigenvalue weighted by Crippen LogP contribution is 2.45. The Morgan fingerprint density at radius 3 is 2.61 bits per heavy atom. The van der Waals surface area contributed by atoms with Crippen LogP contribution >= 0.6 is 34.5 Å². The molecule has 0 saturated heterocycles. The molecular formula is C26H24Cl2N4O3S. The molecule has 7 nitrogen and oxygen atoms in total. The molecule has 10 heteroatoms. The van der Waals surface area contributed by atoms with Crippen LogP contribution in [-0.2, 0) is 13.0 Å². The van der Waals surface area contributed by atoms with Gasteiger partial charge in [0.05, 0.1) is 30.0 Å². The smallest absolute Gasteiger partial charge is 0.267 e. The minimum absolute atomic E-state index is 0.331. The van der Waals surface area contributed by atoms with E-state index < -0.39 is 0 Å². The van der Waals surface area contributed by atoms with Crippen molar-refractivity contribution >= 4 is 62.0 Å². The van der Waals surface area contributed by atoms with E-state index in [1.54, 1.807) is 32.4 Å². The van der Waals surface area contributed by atoms with Crippen molar-refractivity contribution in [3.63, 3.8) is 0 Å². The van der Waals surface area contributed by atoms with Crippen LogP contribution in [0.15, 0.2) is 36.4 Å². The minimum Gasteiger partial charge on any atom is -0.493 e. The molecule has 1 aliphatic heterocycles. The summed E-state index contributed by atoms with van der Waals surface area (Å²) in [5.41, 5.74) is 11.6. The highest BCUT2D eigenvalue weighted by atomic mass is 35.5. The molecule has 4 aromatic rings. The van der Waals surface area contributed by atoms with E-state index in [1.165, 1.54) is 11.3 Å². The number of rotatable bonds is 5. The van der Waals surface area contributed by atoms with Gasteiger partial charge in [-0.1, -0.05) is 29.3 Å². The fraction of sp³-hybridized carbons (Fsp3) is 0.231. The molecule has 0 aliphatic carbocycles. The van der Waals surface area contributed by atoms with Gasteiger partial charge in [-0.15, -0.1) is 11.3 Å². The van der Waals surface area contributed by atoms with Gasteiger partial charge in [-0.05, 0) is 48.5 Å². The molecule has 0 unspecified atom stereocenters. The van der Waals surface area contributed by atoms with Crippen LogP contribution < -0.4 is 20.5 Å². The summed E-state index contributed by atoms with van der Waals surface area (Å²) in [6, 6.07) is 10.7. The Kier molecular flexibility index (Phi) is 6.70. The van der Waals surface area contributed by atoms with Crippen LogP contribution in [0, 0.1) is 0 Å². The molecule has 1 aliphatic rings. The lowest BCUT2D eigenvalue weighted by atomic mass is 9.92. The van der Waals surface area contributed by atoms with Crippen molar-refractivity contribution in [1.29, 1.82) is 0 Å². The standard InChI is InChI=1S/C26H24Cl2N4O3S/c1-32-9-8-18-15(12-32)21(13-4-7-19(34-2)20(10-13)35-3)22-23(29)24(36-26(22)31-18)25(33)30-14-5-6-16(27)17(28)11-14/h4-7,10-11H,8-9,12,29H2,1-3H3,(H,30,33). The largest absolute Gasteiger partial charge is 0.493 e. The number of nitrogens with zero attached hydrogens (tertiary/aromatic N) is 2. The number of aromatic nitrogens is 1. The number of ether oxygens (including phenoxy) is 2. The lowest BCUT2D eigenvalue weighted by molar-refractivity contribution is 0.103. The number of nitrogen functional groups attached to an aromatic ring is 1. The first kappa shape index (κ1) is 24.6. The zero-order valence-corrected chi connectivity index (χ0v) is 22.3. The van der Waals surface area contributed by atoms with Crippen LogP contribution in [0.5, 0.6) is 11.5 Å². The van der Waals surface area contributed by atoms with Gasteiger partial charge < -0.3 is 25.4 Å². The van der Waals surface area contributed by atoms with E-state index in [0.717, 1.165) is 52.1 Å². The number of benzene rings is 2. The number of hydrogen-bond donors (Lipinski definition) is 2. The van der Waals surface area contributed by atoms with Crippen molar-refractivity contribution in [3.8, 4) is 22.6 Å². The van der Waals surface area contributed by atoms with Crippen LogP contribution in [0.1, 0.15) is 20.9 Å². The number of halogens is 2. The number of anilines is 2. The fourth-order valence-electron chi connectivity index (χ4n) is 4.50. The Hall–Kier alpha value is -3.04. The molecule has 3 N–H and O–H groups in total. The summed E-state index contributed by atoms with van der Waals surface area (Å²) < 4.78 is 11.0. The summed E-state index contributed by atoms with van der Waals surface area (Å²) >= 11 is 13.4. The molecule has 36 heavy (non-hydrogen) atoms. The molecule has 0 saturated carbocycles. The lowest BCUT2D eigenvalue weighted by Gasteiger charge is -2.27. The maximum Gasteiger partial charge on any atom is 0.267 e. The number of fused-ring (bicyclic) bond motifs is 2. The minimum atomic E-state index is -0.331. The van der Waals surface area contributed by atoms with Crippen LogP contribution in [0.25, 0.3) is 21.3 Å². The predicted molar refractivity (Wildman–Crippen MR) is 147 cm³/mol. The quantitative estimate of drug-likeness (QED) is 0.316. The number of carbonyl (C=O) groups is 1. The molecule has 1 amide bonds. The summed E-state index contributed by atoms with van der Waals surface area (Å²) in [6.45, 7) is 1.63. The van der Waals surface area contributed by atoms with Gasteiger partial charge >= 0.3 is 0 Å². The topological polar surface area (TPSA) is 89.7 Å². The van der Waals surface area contributed by atoms with E-state index in [4.69, 9.17) is 43.4 Å². The van der Waals surface area contributed by atoms with Crippen molar-refractivity contribution in [1.82, 2.24) is 9.88 Å². The van der Waals surface area contributed by atoms with Gasteiger partial charge in [-0.3, -0.25) is 4.79 Å². The van der Waals surface area contributed by atoms with Gasteiger partial charge in [-0.2, -0.15) is 0 Å². The van der Waals surface area contributed by atoms with E-state index in [-0.39, 0.29) is 5.91 Å². The number of pyridine rings is 1. The van der Waals surface area contributed by atoms with E-state index >= 15 is 0 Å². The van der Waals surface area contributed by atoms with E-state index in [9.17, 15) is 4.79 Å². The Morgan fingerprint density at radius 1 is 1.11 bits per heavy atom. The van der Waals surface area contributed by atoms with Gasteiger partial charge in [0.2, 0.25) is 0 Å². The molecule has 0 bridgehead atoms. The monoisotopic (exact) mass is 542 g/mol. The number of amides is 1. The number of hydrogen-bond acceptors (Lipinski definition) is 7. The van der Waals surface area contributed by atoms with Gasteiger partial charge in [0, 0.05) is 41.8 Å². The highest BCUT2D eigenvalue weighted by molar-refractivity contribution is 7.21. The summed E-state index contributed by atoms with van der Waals surface area (Å²) in [5, 5.41) is 4.40. The summed E-state index contributed by atoms with van der Waals surface area (Å²) in [5.74, 6) is 0.920. The van der Waals surface area contributed by atoms with Crippen LogP contribution in [0.3, 0.4) is 0 Å². The van der Waals surface area contributed by atoms with E-state index in [2.05, 4.69) is 17.3 Å². The molecule has 2 aromatic heterocycles. The van der Waals surface area contributed by atoms with Gasteiger partial charge in [0.25, 0.3) is 5.91 Å². The Bertz CT molecular complexity index is 1500. The maximum atomic E-state index is 13.3. The van der Waals surface area contributed by atoms with Gasteiger partial charge in [-0.25, -0.2) is 4.98 Å². The van der Waals surface area contributed by atoms with E-state index in [1.807, 2.05) is 18.2 Å². The summed E-state index contributed by atoms with van der Waals surface area (Å²) in [4.78, 5) is 21.6. The first-order chi connectivity index (χ1) is 17.3. The normalized spacial score (nSPS) is 13.5. The molecule has 3 heterocycles. The van der Waals surface area contributed by atoms with Crippen molar-refractivity contribution in [3.05, 3.63) is 62.6 Å². The van der Waals surface area contributed by atoms with E-state index in [0.29, 0.717) is 37.8 Å². The molecule has 0 spiro atoms. The average Bonchev–Trinajstić information content (AvgIpc) is 3.20. The summed E-state index contributed by atoms with van der Waals surface area (Å²) in [6.07, 6.45) is 0.810. The third kappa shape index (κ3) is 4.35. The Morgan fingerprint density at radius 2 is 1.89 bits per heavy atom. The van der Waals surface area contributed by atoms with Crippen LogP contribution in [-0.4, -0.2) is 43.6 Å². The maximum absolute atomic E-state index is 13.3. The lowest BCUT2D eigenvalue weighted by Crippen LogP contribution is -2.27. The third-order valence-corrected chi connectivity index (χ3v) is 8.11. The number of nitrogens with two attached hydrogens (primary N) is 1. The number of likely N-dealkylation sites (N-methyl/N-ethyl adjacent to an activating group) is 1. The first-order valence-corrected chi connectivity index (χ1v) is 12.8. The number of methoxy groups -OCH3 is 2. The van der Waals surface area contributed by atoms with Crippen LogP contribution in [0.2, 0.25) is 10.0 Å². The second-order valence-electron chi connectivity index (χ2n) is 8.58. The SMILES string of the molecule is COc1ccc(-c2c3c(nc4sc(C(=O)Nc5ccc(Cl)c(Cl)c5)c(N)c24)CCN(C)C3)cc1OC. The predicted octanol–water partition coefficient (Wildman–Crippen LogP) is 6.11. The molecule has 2 aromatic carbocycles. The van der Waals surface area contributed by atoms with Crippen molar-refractivity contribution in [2.45, 2.75) is 13.0 Å². The molecule has 0 radical (unpaired) electrons. The fourth-order valence-corrected chi connectivity index (χ4v) is 5.82. The first-order valence-electron chi connectivity index (χ1n) is 11.2. The molecular weight excluding hydrogens is 519 g/mol. The van der Waals surface area contributed by atoms with Gasteiger partial charge in [0.15, 0.2) is 11.5 Å². The van der Waals surface area contributed by atoms with Crippen molar-refractivity contribution < 1.29 is 14.3 Å². The third-order valence-electron chi connectivity index (χ3n) is 6.28. The van der Waals surface area contributed by atoms with Gasteiger partial charge in [0.1, 0.15) is 9.71 Å². The zero-order valence-electron chi connectivity index (χ0n) is 19.9. The summed E-state index contributed by atoms with van der Waals surface area (Å²) in [7, 11) is 5.30. The second-order valence-corrected chi connectivity index (χ2v) is 10.4. The van der Waals surface area contributed by atoms with Crippen molar-refractivity contribution in [2.75, 3.05) is 38.9 Å². The molecule has 186 valence electrons. The Balaban J connectivity index is 1.68. The molecule has 0 atom stereocenters. The zero-order chi connectivity index (χ0) is 25.6. The molecule has 5 rings (SSSR count). The average molecular weight is 543 g/mol.